The van der Waals surface area contributed by atoms with Crippen LogP contribution in [0.4, 0.5) is 5.69 Å². The fourth-order valence-corrected chi connectivity index (χ4v) is 4.43. The van der Waals surface area contributed by atoms with E-state index >= 15 is 0 Å². The van der Waals surface area contributed by atoms with Crippen molar-refractivity contribution < 1.29 is 22.7 Å². The first kappa shape index (κ1) is 22.7. The first-order valence-corrected chi connectivity index (χ1v) is 11.2. The molecule has 2 N–H and O–H groups in total. The van der Waals surface area contributed by atoms with E-state index in [0.29, 0.717) is 49.0 Å². The van der Waals surface area contributed by atoms with Crippen molar-refractivity contribution in [2.75, 3.05) is 45.3 Å². The molecule has 0 saturated carbocycles. The molecule has 1 heterocycles. The van der Waals surface area contributed by atoms with Crippen LogP contribution in [0.5, 0.6) is 5.75 Å². The molecule has 1 aliphatic heterocycles. The normalized spacial score (nSPS) is 15.4. The summed E-state index contributed by atoms with van der Waals surface area (Å²) >= 11 is 0. The number of rotatable bonds is 8. The second-order valence-corrected chi connectivity index (χ2v) is 8.76. The molecule has 9 nitrogen and oxygen atoms in total. The average molecular weight is 447 g/mol. The van der Waals surface area contributed by atoms with Crippen molar-refractivity contribution in [3.8, 4) is 5.75 Å². The molecule has 2 aromatic carbocycles. The largest absolute Gasteiger partial charge is 0.495 e. The van der Waals surface area contributed by atoms with Crippen LogP contribution >= 0.6 is 0 Å². The Hall–Kier alpha value is -2.95. The first-order chi connectivity index (χ1) is 14.9. The highest BCUT2D eigenvalue weighted by molar-refractivity contribution is 7.89. The summed E-state index contributed by atoms with van der Waals surface area (Å²) in [5, 5.41) is 7.10. The number of nitrogens with one attached hydrogen (secondary N) is 2. The average Bonchev–Trinajstić information content (AvgIpc) is 2.82. The van der Waals surface area contributed by atoms with Gasteiger partial charge in [0.15, 0.2) is 0 Å². The van der Waals surface area contributed by atoms with Crippen molar-refractivity contribution >= 4 is 27.3 Å². The van der Waals surface area contributed by atoms with E-state index in [2.05, 4.69) is 15.8 Å². The van der Waals surface area contributed by atoms with Crippen molar-refractivity contribution in [3.63, 3.8) is 0 Å². The Balaban J connectivity index is 1.58. The molecule has 3 rings (SSSR count). The molecule has 0 bridgehead atoms. The van der Waals surface area contributed by atoms with E-state index < -0.39 is 10.0 Å². The Morgan fingerprint density at radius 2 is 1.81 bits per heavy atom. The number of hydrogen-bond donors (Lipinski definition) is 2. The second-order valence-electron chi connectivity index (χ2n) is 6.83. The van der Waals surface area contributed by atoms with Gasteiger partial charge in [0.25, 0.3) is 5.91 Å². The topological polar surface area (TPSA) is 109 Å². The van der Waals surface area contributed by atoms with Crippen LogP contribution in [0.1, 0.15) is 12.5 Å². The van der Waals surface area contributed by atoms with E-state index in [9.17, 15) is 13.2 Å². The molecule has 2 aromatic rings. The summed E-state index contributed by atoms with van der Waals surface area (Å²) in [7, 11) is -1.98. The summed E-state index contributed by atoms with van der Waals surface area (Å²) in [6, 6.07) is 13.7. The summed E-state index contributed by atoms with van der Waals surface area (Å²) < 4.78 is 37.2. The lowest BCUT2D eigenvalue weighted by molar-refractivity contribution is -0.119. The number of methoxy groups -OCH3 is 1. The lowest BCUT2D eigenvalue weighted by atomic mass is 10.1. The molecule has 31 heavy (non-hydrogen) atoms. The molecule has 0 unspecified atom stereocenters. The van der Waals surface area contributed by atoms with Gasteiger partial charge in [0.2, 0.25) is 10.0 Å². The lowest BCUT2D eigenvalue weighted by Gasteiger charge is -2.26. The molecule has 1 saturated heterocycles. The van der Waals surface area contributed by atoms with Gasteiger partial charge in [-0.3, -0.25) is 4.79 Å². The van der Waals surface area contributed by atoms with Gasteiger partial charge in [-0.25, -0.2) is 13.8 Å². The SMILES string of the molecule is COc1ccccc1NCC(=O)N/N=C(\C)c1ccc(S(=O)(=O)N2CCOCC2)cc1. The Bertz CT molecular complexity index is 1030. The fourth-order valence-electron chi connectivity index (χ4n) is 3.02. The summed E-state index contributed by atoms with van der Waals surface area (Å²) in [6.45, 7) is 3.25. The zero-order valence-electron chi connectivity index (χ0n) is 17.5. The van der Waals surface area contributed by atoms with Crippen LogP contribution in [0.25, 0.3) is 0 Å². The van der Waals surface area contributed by atoms with Crippen LogP contribution in [-0.2, 0) is 19.6 Å². The van der Waals surface area contributed by atoms with Crippen LogP contribution in [-0.4, -0.2) is 64.3 Å². The highest BCUT2D eigenvalue weighted by Gasteiger charge is 2.26. The zero-order valence-corrected chi connectivity index (χ0v) is 18.3. The maximum atomic E-state index is 12.7. The molecule has 166 valence electrons. The maximum Gasteiger partial charge on any atom is 0.259 e. The number of sulfonamides is 1. The summed E-state index contributed by atoms with van der Waals surface area (Å²) in [5.41, 5.74) is 4.46. The lowest BCUT2D eigenvalue weighted by Crippen LogP contribution is -2.40. The van der Waals surface area contributed by atoms with Gasteiger partial charge in [0, 0.05) is 13.1 Å². The Labute approximate surface area is 182 Å². The van der Waals surface area contributed by atoms with E-state index in [-0.39, 0.29) is 17.3 Å². The van der Waals surface area contributed by atoms with Crippen LogP contribution in [0.15, 0.2) is 58.5 Å². The maximum absolute atomic E-state index is 12.7. The minimum atomic E-state index is -3.54. The van der Waals surface area contributed by atoms with Crippen LogP contribution in [0, 0.1) is 0 Å². The fraction of sp³-hybridized carbons (Fsp3) is 0.333. The van der Waals surface area contributed by atoms with E-state index in [1.54, 1.807) is 44.4 Å². The number of amides is 1. The molecule has 0 aromatic heterocycles. The molecule has 1 amide bonds. The van der Waals surface area contributed by atoms with E-state index in [1.165, 1.54) is 4.31 Å². The van der Waals surface area contributed by atoms with Gasteiger partial charge in [-0.05, 0) is 36.8 Å². The number of hydrazone groups is 1. The molecular weight excluding hydrogens is 420 g/mol. The van der Waals surface area contributed by atoms with E-state index in [0.717, 1.165) is 0 Å². The van der Waals surface area contributed by atoms with E-state index in [1.807, 2.05) is 18.2 Å². The van der Waals surface area contributed by atoms with Crippen molar-refractivity contribution in [2.45, 2.75) is 11.8 Å². The minimum absolute atomic E-state index is 0.0217. The smallest absolute Gasteiger partial charge is 0.259 e. The Morgan fingerprint density at radius 3 is 2.48 bits per heavy atom. The molecule has 1 fully saturated rings. The van der Waals surface area contributed by atoms with Crippen molar-refractivity contribution in [1.82, 2.24) is 9.73 Å². The molecule has 0 radical (unpaired) electrons. The number of carbonyl (C=O) groups is 1. The third-order valence-electron chi connectivity index (χ3n) is 4.77. The zero-order chi connectivity index (χ0) is 22.3. The minimum Gasteiger partial charge on any atom is -0.495 e. The molecule has 0 spiro atoms. The Kier molecular flexibility index (Phi) is 7.61. The number of anilines is 1. The third kappa shape index (κ3) is 5.81. The van der Waals surface area contributed by atoms with Crippen LogP contribution in [0.2, 0.25) is 0 Å². The van der Waals surface area contributed by atoms with Crippen LogP contribution < -0.4 is 15.5 Å². The van der Waals surface area contributed by atoms with Gasteiger partial charge < -0.3 is 14.8 Å². The number of para-hydroxylation sites is 2. The third-order valence-corrected chi connectivity index (χ3v) is 6.69. The van der Waals surface area contributed by atoms with Gasteiger partial charge in [0.1, 0.15) is 5.75 Å². The number of hydrogen-bond acceptors (Lipinski definition) is 7. The molecule has 10 heteroatoms. The molecular formula is C21H26N4O5S. The number of morpholine rings is 1. The van der Waals surface area contributed by atoms with Gasteiger partial charge >= 0.3 is 0 Å². The van der Waals surface area contributed by atoms with Crippen molar-refractivity contribution in [2.24, 2.45) is 5.10 Å². The first-order valence-electron chi connectivity index (χ1n) is 9.80. The predicted octanol–water partition coefficient (Wildman–Crippen LogP) is 1.67. The highest BCUT2D eigenvalue weighted by Crippen LogP contribution is 2.22. The monoisotopic (exact) mass is 446 g/mol. The number of nitrogens with zero attached hydrogens (tertiary/aromatic N) is 2. The van der Waals surface area contributed by atoms with Crippen molar-refractivity contribution in [3.05, 3.63) is 54.1 Å². The number of ether oxygens (including phenoxy) is 2. The summed E-state index contributed by atoms with van der Waals surface area (Å²) in [6.07, 6.45) is 0. The quantitative estimate of drug-likeness (QED) is 0.472. The molecule has 1 aliphatic rings. The standard InChI is InChI=1S/C21H26N4O5S/c1-16(23-24-21(26)15-22-19-5-3-4-6-20(19)29-2)17-7-9-18(10-8-17)31(27,28)25-11-13-30-14-12-25/h3-10,22H,11-15H2,1-2H3,(H,24,26)/b23-16+. The van der Waals surface area contributed by atoms with Gasteiger partial charge in [-0.15, -0.1) is 0 Å². The van der Waals surface area contributed by atoms with E-state index in [4.69, 9.17) is 9.47 Å². The van der Waals surface area contributed by atoms with Crippen LogP contribution in [0.3, 0.4) is 0 Å². The number of benzene rings is 2. The predicted molar refractivity (Wildman–Crippen MR) is 118 cm³/mol. The highest BCUT2D eigenvalue weighted by atomic mass is 32.2. The van der Waals surface area contributed by atoms with Gasteiger partial charge in [-0.2, -0.15) is 9.41 Å². The number of carbonyl (C=O) groups excluding carboxylic acids is 1. The summed E-state index contributed by atoms with van der Waals surface area (Å²) in [4.78, 5) is 12.3. The molecule has 0 aliphatic carbocycles. The summed E-state index contributed by atoms with van der Waals surface area (Å²) in [5.74, 6) is 0.318. The Morgan fingerprint density at radius 1 is 1.13 bits per heavy atom. The van der Waals surface area contributed by atoms with Gasteiger partial charge in [-0.1, -0.05) is 24.3 Å². The van der Waals surface area contributed by atoms with Crippen molar-refractivity contribution in [1.29, 1.82) is 0 Å². The molecule has 0 atom stereocenters. The second kappa shape index (κ2) is 10.4. The van der Waals surface area contributed by atoms with Gasteiger partial charge in [0.05, 0.1) is 43.2 Å².